The lowest BCUT2D eigenvalue weighted by Gasteiger charge is -2.28. The molecule has 1 aliphatic rings. The van der Waals surface area contributed by atoms with Crippen molar-refractivity contribution in [2.24, 2.45) is 0 Å². The Morgan fingerprint density at radius 1 is 1.00 bits per heavy atom. The van der Waals surface area contributed by atoms with E-state index in [2.05, 4.69) is 15.4 Å². The fourth-order valence-electron chi connectivity index (χ4n) is 3.11. The van der Waals surface area contributed by atoms with Crippen LogP contribution in [-0.4, -0.2) is 21.4 Å². The number of benzene rings is 3. The Balaban J connectivity index is 1.51. The topological polar surface area (TPSA) is 96.5 Å². The second-order valence-corrected chi connectivity index (χ2v) is 8.19. The van der Waals surface area contributed by atoms with E-state index in [1.807, 2.05) is 0 Å². The Bertz CT molecular complexity index is 1160. The van der Waals surface area contributed by atoms with Gasteiger partial charge in [-0.05, 0) is 42.0 Å². The lowest BCUT2D eigenvalue weighted by molar-refractivity contribution is 0.102. The average Bonchev–Trinajstić information content (AvgIpc) is 2.73. The zero-order valence-electron chi connectivity index (χ0n) is 15.5. The first-order valence-corrected chi connectivity index (χ1v) is 10.4. The van der Waals surface area contributed by atoms with Crippen LogP contribution in [0, 0.1) is 0 Å². The largest absolute Gasteiger partial charge is 0.497 e. The molecular weight excluding hydrogens is 390 g/mol. The lowest BCUT2D eigenvalue weighted by Crippen LogP contribution is -2.38. The average molecular weight is 409 g/mol. The number of carbonyl (C=O) groups excluding carboxylic acids is 1. The fraction of sp³-hybridized carbons (Fsp3) is 0.0952. The number of carbonyl (C=O) groups is 1. The summed E-state index contributed by atoms with van der Waals surface area (Å²) in [6.07, 6.45) is -0.620. The molecule has 0 aromatic heterocycles. The predicted molar refractivity (Wildman–Crippen MR) is 111 cm³/mol. The van der Waals surface area contributed by atoms with E-state index in [1.54, 1.807) is 79.9 Å². The Labute approximate surface area is 168 Å². The summed E-state index contributed by atoms with van der Waals surface area (Å²) in [5.41, 5.74) is 2.31. The number of methoxy groups -OCH3 is 1. The first-order valence-electron chi connectivity index (χ1n) is 8.89. The van der Waals surface area contributed by atoms with Crippen molar-refractivity contribution in [3.8, 4) is 5.75 Å². The van der Waals surface area contributed by atoms with E-state index >= 15 is 0 Å². The van der Waals surface area contributed by atoms with Crippen molar-refractivity contribution < 1.29 is 17.9 Å². The number of ether oxygens (including phenoxy) is 1. The Kier molecular flexibility index (Phi) is 4.96. The van der Waals surface area contributed by atoms with Crippen LogP contribution in [0.4, 0.5) is 11.4 Å². The van der Waals surface area contributed by atoms with Gasteiger partial charge in [-0.1, -0.05) is 30.3 Å². The predicted octanol–water partition coefficient (Wildman–Crippen LogP) is 3.35. The fourth-order valence-corrected chi connectivity index (χ4v) is 4.41. The van der Waals surface area contributed by atoms with E-state index in [0.717, 1.165) is 0 Å². The molecule has 8 heteroatoms. The molecule has 0 bridgehead atoms. The van der Waals surface area contributed by atoms with Gasteiger partial charge in [0, 0.05) is 17.3 Å². The highest BCUT2D eigenvalue weighted by Crippen LogP contribution is 2.30. The standard InChI is InChI=1S/C21H19N3O4S/c1-28-17-6-4-5-16(13-17)22-21(25)15-11-9-14(10-12-15)20-23-18-7-2-3-8-19(18)29(26,27)24-20/h2-13,20,23-24H,1H3,(H,22,25)/t20-/m1/s1. The van der Waals surface area contributed by atoms with Gasteiger partial charge in [0.05, 0.1) is 12.8 Å². The Morgan fingerprint density at radius 2 is 1.76 bits per heavy atom. The van der Waals surface area contributed by atoms with Crippen molar-refractivity contribution in [3.05, 3.63) is 83.9 Å². The van der Waals surface area contributed by atoms with E-state index in [0.29, 0.717) is 28.3 Å². The van der Waals surface area contributed by atoms with Crippen molar-refractivity contribution in [3.63, 3.8) is 0 Å². The van der Waals surface area contributed by atoms with Gasteiger partial charge in [0.15, 0.2) is 0 Å². The molecule has 7 nitrogen and oxygen atoms in total. The summed E-state index contributed by atoms with van der Waals surface area (Å²) < 4.78 is 32.7. The van der Waals surface area contributed by atoms with Crippen molar-refractivity contribution in [1.29, 1.82) is 0 Å². The number of amides is 1. The van der Waals surface area contributed by atoms with Crippen molar-refractivity contribution in [2.75, 3.05) is 17.7 Å². The SMILES string of the molecule is COc1cccc(NC(=O)c2ccc([C@@H]3Nc4ccccc4S(=O)(=O)N3)cc2)c1. The third kappa shape index (κ3) is 3.94. The minimum atomic E-state index is -3.62. The number of sulfonamides is 1. The molecule has 1 amide bonds. The van der Waals surface area contributed by atoms with Crippen LogP contribution >= 0.6 is 0 Å². The molecule has 3 aromatic carbocycles. The summed E-state index contributed by atoms with van der Waals surface area (Å²) in [7, 11) is -2.06. The number of hydrogen-bond donors (Lipinski definition) is 3. The normalized spacial score (nSPS) is 16.9. The smallest absolute Gasteiger partial charge is 0.255 e. The molecule has 0 saturated heterocycles. The first-order chi connectivity index (χ1) is 14.0. The Morgan fingerprint density at radius 3 is 2.52 bits per heavy atom. The lowest BCUT2D eigenvalue weighted by atomic mass is 10.1. The summed E-state index contributed by atoms with van der Waals surface area (Å²) in [6.45, 7) is 0. The second kappa shape index (κ2) is 7.57. The monoisotopic (exact) mass is 409 g/mol. The van der Waals surface area contributed by atoms with E-state index in [9.17, 15) is 13.2 Å². The van der Waals surface area contributed by atoms with Gasteiger partial charge < -0.3 is 15.4 Å². The molecule has 1 aliphatic heterocycles. The van der Waals surface area contributed by atoms with Gasteiger partial charge in [0.25, 0.3) is 5.91 Å². The van der Waals surface area contributed by atoms with Crippen LogP contribution in [-0.2, 0) is 10.0 Å². The third-order valence-corrected chi connectivity index (χ3v) is 6.06. The first kappa shape index (κ1) is 19.0. The zero-order valence-corrected chi connectivity index (χ0v) is 16.4. The van der Waals surface area contributed by atoms with Crippen molar-refractivity contribution in [2.45, 2.75) is 11.1 Å². The van der Waals surface area contributed by atoms with Gasteiger partial charge in [-0.25, -0.2) is 8.42 Å². The van der Waals surface area contributed by atoms with E-state index in [4.69, 9.17) is 4.74 Å². The molecule has 29 heavy (non-hydrogen) atoms. The number of nitrogens with one attached hydrogen (secondary N) is 3. The Hall–Kier alpha value is -3.36. The number of fused-ring (bicyclic) bond motifs is 1. The molecule has 0 unspecified atom stereocenters. The summed E-state index contributed by atoms with van der Waals surface area (Å²) in [5.74, 6) is 0.376. The maximum absolute atomic E-state index is 12.5. The molecular formula is C21H19N3O4S. The van der Waals surface area contributed by atoms with Gasteiger partial charge >= 0.3 is 0 Å². The summed E-state index contributed by atoms with van der Waals surface area (Å²) in [5, 5.41) is 5.98. The third-order valence-electron chi connectivity index (χ3n) is 4.58. The van der Waals surface area contributed by atoms with Gasteiger partial charge in [0.1, 0.15) is 16.8 Å². The molecule has 4 rings (SSSR count). The highest BCUT2D eigenvalue weighted by Gasteiger charge is 2.29. The summed E-state index contributed by atoms with van der Waals surface area (Å²) in [4.78, 5) is 12.7. The van der Waals surface area contributed by atoms with Crippen LogP contribution in [0.25, 0.3) is 0 Å². The molecule has 1 heterocycles. The maximum Gasteiger partial charge on any atom is 0.255 e. The highest BCUT2D eigenvalue weighted by atomic mass is 32.2. The molecule has 0 saturated carbocycles. The van der Waals surface area contributed by atoms with E-state index < -0.39 is 16.2 Å². The van der Waals surface area contributed by atoms with Crippen LogP contribution < -0.4 is 20.1 Å². The zero-order chi connectivity index (χ0) is 20.4. The van der Waals surface area contributed by atoms with Crippen LogP contribution in [0.15, 0.2) is 77.7 Å². The molecule has 0 radical (unpaired) electrons. The van der Waals surface area contributed by atoms with E-state index in [1.165, 1.54) is 0 Å². The highest BCUT2D eigenvalue weighted by molar-refractivity contribution is 7.89. The minimum absolute atomic E-state index is 0.213. The minimum Gasteiger partial charge on any atom is -0.497 e. The van der Waals surface area contributed by atoms with Gasteiger partial charge in [-0.3, -0.25) is 4.79 Å². The van der Waals surface area contributed by atoms with Gasteiger partial charge in [-0.15, -0.1) is 0 Å². The molecule has 1 atom stereocenters. The van der Waals surface area contributed by atoms with E-state index in [-0.39, 0.29) is 10.8 Å². The van der Waals surface area contributed by atoms with Crippen LogP contribution in [0.3, 0.4) is 0 Å². The molecule has 0 aliphatic carbocycles. The van der Waals surface area contributed by atoms with Crippen LogP contribution in [0.5, 0.6) is 5.75 Å². The van der Waals surface area contributed by atoms with Crippen molar-refractivity contribution >= 4 is 27.3 Å². The number of anilines is 2. The molecule has 3 N–H and O–H groups in total. The molecule has 0 spiro atoms. The van der Waals surface area contributed by atoms with Gasteiger partial charge in [0.2, 0.25) is 10.0 Å². The number of para-hydroxylation sites is 1. The quantitative estimate of drug-likeness (QED) is 0.614. The van der Waals surface area contributed by atoms with Gasteiger partial charge in [-0.2, -0.15) is 4.72 Å². The number of rotatable bonds is 4. The molecule has 148 valence electrons. The number of hydrogen-bond acceptors (Lipinski definition) is 5. The second-order valence-electron chi connectivity index (χ2n) is 6.50. The van der Waals surface area contributed by atoms with Crippen LogP contribution in [0.1, 0.15) is 22.1 Å². The molecule has 0 fully saturated rings. The van der Waals surface area contributed by atoms with Crippen molar-refractivity contribution in [1.82, 2.24) is 4.72 Å². The van der Waals surface area contributed by atoms with Crippen LogP contribution in [0.2, 0.25) is 0 Å². The maximum atomic E-state index is 12.5. The summed E-state index contributed by atoms with van der Waals surface area (Å²) in [6, 6.07) is 20.5. The summed E-state index contributed by atoms with van der Waals surface area (Å²) >= 11 is 0. The molecule has 3 aromatic rings.